The second-order valence-electron chi connectivity index (χ2n) is 9.02. The van der Waals surface area contributed by atoms with Crippen LogP contribution in [-0.4, -0.2) is 32.1 Å². The molecule has 0 atom stereocenters. The summed E-state index contributed by atoms with van der Waals surface area (Å²) >= 11 is 0. The van der Waals surface area contributed by atoms with Gasteiger partial charge in [-0.2, -0.15) is 15.2 Å². The maximum atomic E-state index is 14.3. The molecule has 0 bridgehead atoms. The molecule has 0 amide bonds. The maximum absolute atomic E-state index is 14.3. The minimum Gasteiger partial charge on any atom is -0.490 e. The molecule has 174 valence electrons. The lowest BCUT2D eigenvalue weighted by Gasteiger charge is -2.33. The van der Waals surface area contributed by atoms with Crippen molar-refractivity contribution in [1.29, 1.82) is 0 Å². The van der Waals surface area contributed by atoms with Crippen LogP contribution in [0.4, 0.5) is 4.39 Å². The number of benzene rings is 2. The molecule has 0 aliphatic heterocycles. The second kappa shape index (κ2) is 8.87. The van der Waals surface area contributed by atoms with Crippen LogP contribution >= 0.6 is 0 Å². The van der Waals surface area contributed by atoms with Gasteiger partial charge in [0.05, 0.1) is 12.4 Å². The van der Waals surface area contributed by atoms with Crippen molar-refractivity contribution < 1.29 is 13.9 Å². The molecule has 0 saturated heterocycles. The van der Waals surface area contributed by atoms with Crippen LogP contribution in [0.2, 0.25) is 0 Å². The number of ether oxygens (including phenoxy) is 2. The van der Waals surface area contributed by atoms with E-state index in [-0.39, 0.29) is 23.4 Å². The predicted molar refractivity (Wildman–Crippen MR) is 126 cm³/mol. The minimum atomic E-state index is -0.563. The van der Waals surface area contributed by atoms with E-state index < -0.39 is 5.82 Å². The summed E-state index contributed by atoms with van der Waals surface area (Å²) in [6.07, 6.45) is 5.09. The van der Waals surface area contributed by atoms with Crippen LogP contribution in [0, 0.1) is 5.82 Å². The Balaban J connectivity index is 1.29. The van der Waals surface area contributed by atoms with Crippen molar-refractivity contribution in [3.05, 3.63) is 90.0 Å². The van der Waals surface area contributed by atoms with E-state index in [4.69, 9.17) is 15.2 Å². The molecule has 4 aromatic rings. The van der Waals surface area contributed by atoms with E-state index in [1.165, 1.54) is 29.3 Å². The van der Waals surface area contributed by atoms with Crippen LogP contribution < -0.4 is 15.2 Å². The highest BCUT2D eigenvalue weighted by molar-refractivity contribution is 5.42. The van der Waals surface area contributed by atoms with Crippen molar-refractivity contribution in [1.82, 2.24) is 20.0 Å². The van der Waals surface area contributed by atoms with Gasteiger partial charge in [-0.1, -0.05) is 38.1 Å². The van der Waals surface area contributed by atoms with E-state index in [0.717, 1.165) is 29.7 Å². The van der Waals surface area contributed by atoms with Gasteiger partial charge in [-0.05, 0) is 60.4 Å². The van der Waals surface area contributed by atoms with Gasteiger partial charge in [0, 0.05) is 11.5 Å². The first-order valence-corrected chi connectivity index (χ1v) is 11.2. The molecule has 8 heteroatoms. The summed E-state index contributed by atoms with van der Waals surface area (Å²) in [4.78, 5) is 5.49. The molecule has 7 nitrogen and oxygen atoms in total. The largest absolute Gasteiger partial charge is 0.490 e. The average molecular weight is 460 g/mol. The minimum absolute atomic E-state index is 0.134. The normalized spacial score (nSPS) is 17.8. The van der Waals surface area contributed by atoms with Crippen LogP contribution in [0.3, 0.4) is 0 Å². The molecule has 1 fully saturated rings. The molecule has 2 aromatic carbocycles. The summed E-state index contributed by atoms with van der Waals surface area (Å²) in [5.74, 6) is 1.02. The fourth-order valence-electron chi connectivity index (χ4n) is 3.99. The van der Waals surface area contributed by atoms with Crippen molar-refractivity contribution >= 4 is 0 Å². The van der Waals surface area contributed by atoms with Crippen molar-refractivity contribution in [2.75, 3.05) is 0 Å². The number of nitrogens with two attached hydrogens (primary N) is 1. The highest BCUT2D eigenvalue weighted by Crippen LogP contribution is 2.35. The number of pyridine rings is 1. The number of halogens is 1. The number of hydrogen-bond donors (Lipinski definition) is 1. The Bertz CT molecular complexity index is 1250. The molecular formula is C26H26FN5O2. The Morgan fingerprint density at radius 3 is 2.06 bits per heavy atom. The summed E-state index contributed by atoms with van der Waals surface area (Å²) < 4.78 is 26.0. The van der Waals surface area contributed by atoms with Crippen LogP contribution in [0.15, 0.2) is 73.1 Å². The van der Waals surface area contributed by atoms with Crippen LogP contribution in [-0.2, 0) is 5.41 Å². The summed E-state index contributed by atoms with van der Waals surface area (Å²) in [5.41, 5.74) is 7.85. The monoisotopic (exact) mass is 459 g/mol. The Morgan fingerprint density at radius 1 is 0.882 bits per heavy atom. The van der Waals surface area contributed by atoms with Gasteiger partial charge >= 0.3 is 0 Å². The lowest BCUT2D eigenvalue weighted by Crippen LogP contribution is -2.43. The Labute approximate surface area is 197 Å². The summed E-state index contributed by atoms with van der Waals surface area (Å²) in [5, 5.41) is 8.03. The summed E-state index contributed by atoms with van der Waals surface area (Å²) in [7, 11) is 0. The molecule has 1 aliphatic carbocycles. The van der Waals surface area contributed by atoms with Gasteiger partial charge in [0.15, 0.2) is 11.6 Å². The van der Waals surface area contributed by atoms with Gasteiger partial charge in [0.1, 0.15) is 17.6 Å². The van der Waals surface area contributed by atoms with Crippen molar-refractivity contribution in [2.24, 2.45) is 5.73 Å². The third-order valence-corrected chi connectivity index (χ3v) is 6.22. The fourth-order valence-corrected chi connectivity index (χ4v) is 3.99. The molecule has 2 heterocycles. The van der Waals surface area contributed by atoms with Crippen LogP contribution in [0.5, 0.6) is 17.4 Å². The molecule has 0 unspecified atom stereocenters. The summed E-state index contributed by atoms with van der Waals surface area (Å²) in [6, 6.07) is 18.8. The molecule has 34 heavy (non-hydrogen) atoms. The van der Waals surface area contributed by atoms with E-state index in [0.29, 0.717) is 11.6 Å². The van der Waals surface area contributed by atoms with Gasteiger partial charge in [-0.3, -0.25) is 0 Å². The van der Waals surface area contributed by atoms with Gasteiger partial charge in [0.25, 0.3) is 5.88 Å². The number of nitrogens with zero attached hydrogens (tertiary/aromatic N) is 4. The molecule has 0 spiro atoms. The van der Waals surface area contributed by atoms with E-state index >= 15 is 0 Å². The van der Waals surface area contributed by atoms with E-state index in [1.54, 1.807) is 0 Å². The number of rotatable bonds is 7. The quantitative estimate of drug-likeness (QED) is 0.428. The first-order chi connectivity index (χ1) is 16.4. The van der Waals surface area contributed by atoms with Crippen molar-refractivity contribution in [3.63, 3.8) is 0 Å². The van der Waals surface area contributed by atoms with E-state index in [2.05, 4.69) is 41.2 Å². The lowest BCUT2D eigenvalue weighted by molar-refractivity contribution is 0.101. The van der Waals surface area contributed by atoms with Crippen molar-refractivity contribution in [3.8, 4) is 23.2 Å². The standard InChI is InChI=1S/C26H26FN5O2/c1-26(2,17-3-7-20(8-4-17)33-22-15-19(28)16-22)18-5-9-21(10-6-18)34-25-23(27)11-12-24(31-25)32-29-13-14-30-32/h3-14,19,22H,15-16,28H2,1-2H3/t19-,22-. The molecule has 2 aromatic heterocycles. The molecule has 5 rings (SSSR count). The van der Waals surface area contributed by atoms with Gasteiger partial charge < -0.3 is 15.2 Å². The molecule has 1 aliphatic rings. The first-order valence-electron chi connectivity index (χ1n) is 11.2. The first kappa shape index (κ1) is 22.0. The topological polar surface area (TPSA) is 88.1 Å². The molecular weight excluding hydrogens is 433 g/mol. The van der Waals surface area contributed by atoms with Gasteiger partial charge in [-0.15, -0.1) is 4.80 Å². The number of hydrogen-bond acceptors (Lipinski definition) is 6. The Kier molecular flexibility index (Phi) is 5.75. The lowest BCUT2D eigenvalue weighted by atomic mass is 9.78. The fraction of sp³-hybridized carbons (Fsp3) is 0.269. The van der Waals surface area contributed by atoms with Gasteiger partial charge in [-0.25, -0.2) is 4.39 Å². The van der Waals surface area contributed by atoms with Crippen molar-refractivity contribution in [2.45, 2.75) is 44.2 Å². The highest BCUT2D eigenvalue weighted by atomic mass is 19.1. The van der Waals surface area contributed by atoms with Crippen LogP contribution in [0.1, 0.15) is 37.8 Å². The number of aromatic nitrogens is 4. The maximum Gasteiger partial charge on any atom is 0.258 e. The molecule has 0 radical (unpaired) electrons. The molecule has 1 saturated carbocycles. The zero-order valence-electron chi connectivity index (χ0n) is 19.1. The second-order valence-corrected chi connectivity index (χ2v) is 9.02. The van der Waals surface area contributed by atoms with Crippen LogP contribution in [0.25, 0.3) is 5.82 Å². The van der Waals surface area contributed by atoms with Gasteiger partial charge in [0.2, 0.25) is 0 Å². The third-order valence-electron chi connectivity index (χ3n) is 6.22. The molecule has 2 N–H and O–H groups in total. The zero-order valence-corrected chi connectivity index (χ0v) is 19.1. The average Bonchev–Trinajstić information content (AvgIpc) is 3.35. The smallest absolute Gasteiger partial charge is 0.258 e. The zero-order chi connectivity index (χ0) is 23.7. The third kappa shape index (κ3) is 4.49. The van der Waals surface area contributed by atoms with E-state index in [1.807, 2.05) is 36.4 Å². The van der Waals surface area contributed by atoms with E-state index in [9.17, 15) is 4.39 Å². The predicted octanol–water partition coefficient (Wildman–Crippen LogP) is 4.79. The SMILES string of the molecule is CC(C)(c1ccc(Oc2nc(-n3nccn3)ccc2F)cc1)c1ccc(O[C@H]2C[C@H](N)C2)cc1. The summed E-state index contributed by atoms with van der Waals surface area (Å²) in [6.45, 7) is 4.32. The Morgan fingerprint density at radius 2 is 1.47 bits per heavy atom. The highest BCUT2D eigenvalue weighted by Gasteiger charge is 2.28. The Hall–Kier alpha value is -3.78.